The molecule has 0 radical (unpaired) electrons. The second-order valence-corrected chi connectivity index (χ2v) is 7.16. The molecular weight excluding hydrogens is 306 g/mol. The molecule has 112 valence electrons. The van der Waals surface area contributed by atoms with Gasteiger partial charge < -0.3 is 0 Å². The lowest BCUT2D eigenvalue weighted by molar-refractivity contribution is 0.588. The minimum absolute atomic E-state index is 0.0247. The van der Waals surface area contributed by atoms with Crippen molar-refractivity contribution < 1.29 is 8.42 Å². The lowest BCUT2D eigenvalue weighted by Gasteiger charge is -2.11. The molecule has 3 nitrogen and oxygen atoms in total. The van der Waals surface area contributed by atoms with Gasteiger partial charge in [-0.1, -0.05) is 49.4 Å². The third-order valence-electron chi connectivity index (χ3n) is 3.03. The summed E-state index contributed by atoms with van der Waals surface area (Å²) in [4.78, 5) is 0. The van der Waals surface area contributed by atoms with Crippen LogP contribution in [0.15, 0.2) is 54.6 Å². The Kier molecular flexibility index (Phi) is 5.26. The lowest BCUT2D eigenvalue weighted by Crippen LogP contribution is -2.22. The molecule has 0 spiro atoms. The number of anilines is 1. The van der Waals surface area contributed by atoms with Gasteiger partial charge in [0, 0.05) is 11.6 Å². The van der Waals surface area contributed by atoms with E-state index in [1.165, 1.54) is 0 Å². The van der Waals surface area contributed by atoms with Crippen molar-refractivity contribution >= 4 is 27.3 Å². The molecule has 0 fully saturated rings. The Bertz CT molecular complexity index is 669. The van der Waals surface area contributed by atoms with Gasteiger partial charge in [-0.25, -0.2) is 8.42 Å². The highest BCUT2D eigenvalue weighted by molar-refractivity contribution is 7.92. The molecule has 1 unspecified atom stereocenters. The molecule has 0 saturated carbocycles. The van der Waals surface area contributed by atoms with Crippen LogP contribution in [0, 0.1) is 5.92 Å². The van der Waals surface area contributed by atoms with Crippen LogP contribution in [-0.4, -0.2) is 20.1 Å². The molecule has 21 heavy (non-hydrogen) atoms. The summed E-state index contributed by atoms with van der Waals surface area (Å²) in [6, 6.07) is 17.3. The van der Waals surface area contributed by atoms with E-state index in [0.29, 0.717) is 11.6 Å². The Hall–Kier alpha value is -1.52. The van der Waals surface area contributed by atoms with Crippen molar-refractivity contribution in [3.05, 3.63) is 54.6 Å². The first kappa shape index (κ1) is 15.9. The second-order valence-electron chi connectivity index (χ2n) is 5.09. The molecule has 1 atom stereocenters. The quantitative estimate of drug-likeness (QED) is 0.818. The maximum Gasteiger partial charge on any atom is 0.233 e. The molecule has 2 aromatic carbocycles. The van der Waals surface area contributed by atoms with Crippen LogP contribution in [0.25, 0.3) is 11.1 Å². The minimum Gasteiger partial charge on any atom is -0.284 e. The van der Waals surface area contributed by atoms with Gasteiger partial charge in [0.2, 0.25) is 10.0 Å². The molecule has 2 aromatic rings. The molecule has 0 amide bonds. The highest BCUT2D eigenvalue weighted by Crippen LogP contribution is 2.21. The number of sulfonamides is 1. The van der Waals surface area contributed by atoms with Crippen molar-refractivity contribution in [2.24, 2.45) is 5.92 Å². The van der Waals surface area contributed by atoms with Gasteiger partial charge in [-0.05, 0) is 29.2 Å². The van der Waals surface area contributed by atoms with Gasteiger partial charge in [0.25, 0.3) is 0 Å². The number of alkyl halides is 1. The van der Waals surface area contributed by atoms with E-state index in [0.717, 1.165) is 11.1 Å². The topological polar surface area (TPSA) is 46.2 Å². The van der Waals surface area contributed by atoms with Crippen molar-refractivity contribution in [2.45, 2.75) is 6.92 Å². The van der Waals surface area contributed by atoms with E-state index >= 15 is 0 Å². The monoisotopic (exact) mass is 323 g/mol. The first-order chi connectivity index (χ1) is 10.00. The van der Waals surface area contributed by atoms with Crippen LogP contribution < -0.4 is 4.72 Å². The third-order valence-corrected chi connectivity index (χ3v) is 5.11. The molecular formula is C16H18ClNO2S. The number of halogens is 1. The summed E-state index contributed by atoms with van der Waals surface area (Å²) in [7, 11) is -3.36. The maximum atomic E-state index is 12.0. The normalized spacial score (nSPS) is 12.9. The van der Waals surface area contributed by atoms with Gasteiger partial charge in [-0.3, -0.25) is 4.72 Å². The van der Waals surface area contributed by atoms with Crippen molar-refractivity contribution in [1.82, 2.24) is 0 Å². The van der Waals surface area contributed by atoms with E-state index < -0.39 is 10.0 Å². The Balaban J connectivity index is 2.10. The first-order valence-electron chi connectivity index (χ1n) is 6.72. The zero-order valence-corrected chi connectivity index (χ0v) is 13.4. The summed E-state index contributed by atoms with van der Waals surface area (Å²) in [5.74, 6) is 0.276. The van der Waals surface area contributed by atoms with Gasteiger partial charge in [0.05, 0.1) is 5.75 Å². The fourth-order valence-corrected chi connectivity index (χ4v) is 3.69. The molecule has 0 aliphatic carbocycles. The van der Waals surface area contributed by atoms with Crippen LogP contribution in [0.1, 0.15) is 6.92 Å². The first-order valence-corrected chi connectivity index (χ1v) is 8.91. The number of rotatable bonds is 6. The van der Waals surface area contributed by atoms with Gasteiger partial charge >= 0.3 is 0 Å². The zero-order chi connectivity index (χ0) is 15.3. The van der Waals surface area contributed by atoms with Crippen LogP contribution in [-0.2, 0) is 10.0 Å². The Morgan fingerprint density at radius 2 is 1.57 bits per heavy atom. The molecule has 0 aliphatic heterocycles. The molecule has 2 rings (SSSR count). The van der Waals surface area contributed by atoms with Gasteiger partial charge in [0.1, 0.15) is 0 Å². The van der Waals surface area contributed by atoms with Crippen molar-refractivity contribution in [3.63, 3.8) is 0 Å². The Morgan fingerprint density at radius 1 is 1.00 bits per heavy atom. The van der Waals surface area contributed by atoms with Crippen molar-refractivity contribution in [2.75, 3.05) is 16.4 Å². The summed E-state index contributed by atoms with van der Waals surface area (Å²) in [6.07, 6.45) is 0. The summed E-state index contributed by atoms with van der Waals surface area (Å²) in [5.41, 5.74) is 2.71. The predicted octanol–water partition coefficient (Wildman–Crippen LogP) is 3.97. The smallest absolute Gasteiger partial charge is 0.233 e. The highest BCUT2D eigenvalue weighted by atomic mass is 35.5. The summed E-state index contributed by atoms with van der Waals surface area (Å²) >= 11 is 5.66. The van der Waals surface area contributed by atoms with Gasteiger partial charge in [0.15, 0.2) is 0 Å². The van der Waals surface area contributed by atoms with E-state index in [4.69, 9.17) is 11.6 Å². The van der Waals surface area contributed by atoms with E-state index in [2.05, 4.69) is 4.72 Å². The SMILES string of the molecule is CC(CCl)CS(=O)(=O)Nc1ccc(-c2ccccc2)cc1. The van der Waals surface area contributed by atoms with Crippen LogP contribution in [0.3, 0.4) is 0 Å². The largest absolute Gasteiger partial charge is 0.284 e. The lowest BCUT2D eigenvalue weighted by atomic mass is 10.1. The van der Waals surface area contributed by atoms with Crippen molar-refractivity contribution in [1.29, 1.82) is 0 Å². The predicted molar refractivity (Wildman–Crippen MR) is 89.2 cm³/mol. The Labute approximate surface area is 131 Å². The average Bonchev–Trinajstić information content (AvgIpc) is 2.48. The molecule has 0 heterocycles. The summed E-state index contributed by atoms with van der Waals surface area (Å²) < 4.78 is 26.5. The standard InChI is InChI=1S/C16H18ClNO2S/c1-13(11-17)12-21(19,20)18-16-9-7-15(8-10-16)14-5-3-2-4-6-14/h2-10,13,18H,11-12H2,1H3. The third kappa shape index (κ3) is 4.76. The van der Waals surface area contributed by atoms with E-state index in [1.54, 1.807) is 12.1 Å². The molecule has 0 aromatic heterocycles. The van der Waals surface area contributed by atoms with E-state index in [9.17, 15) is 8.42 Å². The van der Waals surface area contributed by atoms with E-state index in [-0.39, 0.29) is 11.7 Å². The second kappa shape index (κ2) is 6.96. The summed E-state index contributed by atoms with van der Waals surface area (Å²) in [5, 5.41) is 0. The van der Waals surface area contributed by atoms with Gasteiger partial charge in [-0.2, -0.15) is 0 Å². The van der Waals surface area contributed by atoms with Gasteiger partial charge in [-0.15, -0.1) is 11.6 Å². The molecule has 0 bridgehead atoms. The van der Waals surface area contributed by atoms with E-state index in [1.807, 2.05) is 49.4 Å². The molecule has 1 N–H and O–H groups in total. The minimum atomic E-state index is -3.36. The molecule has 0 saturated heterocycles. The fraction of sp³-hybridized carbons (Fsp3) is 0.250. The molecule has 0 aliphatic rings. The van der Waals surface area contributed by atoms with Crippen LogP contribution in [0.2, 0.25) is 0 Å². The Morgan fingerprint density at radius 3 is 2.14 bits per heavy atom. The van der Waals surface area contributed by atoms with Crippen molar-refractivity contribution in [3.8, 4) is 11.1 Å². The van der Waals surface area contributed by atoms with Crippen LogP contribution >= 0.6 is 11.6 Å². The fourth-order valence-electron chi connectivity index (χ4n) is 2.00. The maximum absolute atomic E-state index is 12.0. The number of hydrogen-bond donors (Lipinski definition) is 1. The highest BCUT2D eigenvalue weighted by Gasteiger charge is 2.15. The average molecular weight is 324 g/mol. The number of nitrogens with one attached hydrogen (secondary N) is 1. The summed E-state index contributed by atoms with van der Waals surface area (Å²) in [6.45, 7) is 1.81. The number of hydrogen-bond acceptors (Lipinski definition) is 2. The van der Waals surface area contributed by atoms with Crippen LogP contribution in [0.5, 0.6) is 0 Å². The van der Waals surface area contributed by atoms with Crippen LogP contribution in [0.4, 0.5) is 5.69 Å². The molecule has 5 heteroatoms. The zero-order valence-electron chi connectivity index (χ0n) is 11.8. The number of benzene rings is 2.